The SMILES string of the molecule is CC(NCc1cc(C(=O)O)cs1)c1cccc(O)c1. The molecule has 19 heavy (non-hydrogen) atoms. The Morgan fingerprint density at radius 2 is 2.21 bits per heavy atom. The van der Waals surface area contributed by atoms with Crippen molar-refractivity contribution in [3.05, 3.63) is 51.7 Å². The fourth-order valence-corrected chi connectivity index (χ4v) is 2.56. The average molecular weight is 277 g/mol. The van der Waals surface area contributed by atoms with E-state index < -0.39 is 5.97 Å². The van der Waals surface area contributed by atoms with Crippen molar-refractivity contribution in [2.24, 2.45) is 0 Å². The molecule has 0 bridgehead atoms. The van der Waals surface area contributed by atoms with E-state index in [1.807, 2.05) is 13.0 Å². The van der Waals surface area contributed by atoms with Crippen molar-refractivity contribution < 1.29 is 15.0 Å². The molecule has 0 aliphatic heterocycles. The van der Waals surface area contributed by atoms with Crippen molar-refractivity contribution in [1.29, 1.82) is 0 Å². The quantitative estimate of drug-likeness (QED) is 0.785. The summed E-state index contributed by atoms with van der Waals surface area (Å²) in [5, 5.41) is 23.2. The second kappa shape index (κ2) is 5.86. The molecule has 1 aromatic carbocycles. The Balaban J connectivity index is 1.96. The number of phenols is 1. The fourth-order valence-electron chi connectivity index (χ4n) is 1.75. The van der Waals surface area contributed by atoms with E-state index in [9.17, 15) is 9.90 Å². The van der Waals surface area contributed by atoms with Crippen molar-refractivity contribution in [1.82, 2.24) is 5.32 Å². The number of rotatable bonds is 5. The molecule has 5 heteroatoms. The van der Waals surface area contributed by atoms with Gasteiger partial charge in [0, 0.05) is 22.8 Å². The number of carboxylic acid groups (broad SMARTS) is 1. The fraction of sp³-hybridized carbons (Fsp3) is 0.214. The number of hydrogen-bond acceptors (Lipinski definition) is 4. The number of benzene rings is 1. The summed E-state index contributed by atoms with van der Waals surface area (Å²) in [6, 6.07) is 8.85. The summed E-state index contributed by atoms with van der Waals surface area (Å²) in [7, 11) is 0. The molecule has 0 fully saturated rings. The van der Waals surface area contributed by atoms with Gasteiger partial charge < -0.3 is 15.5 Å². The molecule has 2 rings (SSSR count). The second-order valence-corrected chi connectivity index (χ2v) is 5.30. The van der Waals surface area contributed by atoms with Crippen LogP contribution in [0.25, 0.3) is 0 Å². The molecule has 2 aromatic rings. The van der Waals surface area contributed by atoms with E-state index in [2.05, 4.69) is 5.32 Å². The van der Waals surface area contributed by atoms with E-state index in [1.54, 1.807) is 29.6 Å². The molecule has 0 saturated heterocycles. The lowest BCUT2D eigenvalue weighted by atomic mass is 10.1. The predicted octanol–water partition coefficient (Wildman–Crippen LogP) is 3.00. The highest BCUT2D eigenvalue weighted by Crippen LogP contribution is 2.20. The zero-order valence-corrected chi connectivity index (χ0v) is 11.3. The van der Waals surface area contributed by atoms with Gasteiger partial charge in [-0.3, -0.25) is 0 Å². The van der Waals surface area contributed by atoms with Gasteiger partial charge in [0.2, 0.25) is 0 Å². The lowest BCUT2D eigenvalue weighted by Crippen LogP contribution is -2.17. The van der Waals surface area contributed by atoms with Crippen molar-refractivity contribution >= 4 is 17.3 Å². The predicted molar refractivity (Wildman–Crippen MR) is 74.6 cm³/mol. The minimum absolute atomic E-state index is 0.0856. The van der Waals surface area contributed by atoms with Crippen LogP contribution in [0.2, 0.25) is 0 Å². The number of aromatic carboxylic acids is 1. The molecule has 0 radical (unpaired) electrons. The first-order valence-corrected chi connectivity index (χ1v) is 6.77. The van der Waals surface area contributed by atoms with Crippen LogP contribution in [0, 0.1) is 0 Å². The van der Waals surface area contributed by atoms with Crippen LogP contribution < -0.4 is 5.32 Å². The number of phenolic OH excluding ortho intramolecular Hbond substituents is 1. The van der Waals surface area contributed by atoms with Gasteiger partial charge in [-0.25, -0.2) is 4.79 Å². The molecular formula is C14H15NO3S. The maximum absolute atomic E-state index is 10.8. The average Bonchev–Trinajstić information content (AvgIpc) is 2.85. The summed E-state index contributed by atoms with van der Waals surface area (Å²) in [4.78, 5) is 11.7. The van der Waals surface area contributed by atoms with Gasteiger partial charge >= 0.3 is 5.97 Å². The number of aromatic hydroxyl groups is 1. The highest BCUT2D eigenvalue weighted by molar-refractivity contribution is 7.10. The van der Waals surface area contributed by atoms with Crippen LogP contribution >= 0.6 is 11.3 Å². The minimum atomic E-state index is -0.900. The van der Waals surface area contributed by atoms with E-state index >= 15 is 0 Å². The largest absolute Gasteiger partial charge is 0.508 e. The third-order valence-corrected chi connectivity index (χ3v) is 3.79. The van der Waals surface area contributed by atoms with E-state index in [4.69, 9.17) is 5.11 Å². The van der Waals surface area contributed by atoms with E-state index in [0.29, 0.717) is 12.1 Å². The summed E-state index contributed by atoms with van der Waals surface area (Å²) in [6.07, 6.45) is 0. The molecule has 0 amide bonds. The Kier molecular flexibility index (Phi) is 4.19. The normalized spacial score (nSPS) is 12.3. The van der Waals surface area contributed by atoms with Gasteiger partial charge in [-0.15, -0.1) is 11.3 Å². The van der Waals surface area contributed by atoms with Crippen LogP contribution in [-0.4, -0.2) is 16.2 Å². The lowest BCUT2D eigenvalue weighted by molar-refractivity contribution is 0.0697. The molecule has 100 valence electrons. The number of nitrogens with one attached hydrogen (secondary N) is 1. The Morgan fingerprint density at radius 3 is 2.84 bits per heavy atom. The number of carbonyl (C=O) groups is 1. The van der Waals surface area contributed by atoms with Crippen molar-refractivity contribution in [2.45, 2.75) is 19.5 Å². The first kappa shape index (κ1) is 13.6. The van der Waals surface area contributed by atoms with Crippen LogP contribution in [0.15, 0.2) is 35.7 Å². The Hall–Kier alpha value is -1.85. The highest BCUT2D eigenvalue weighted by Gasteiger charge is 2.09. The van der Waals surface area contributed by atoms with Crippen molar-refractivity contribution in [3.63, 3.8) is 0 Å². The summed E-state index contributed by atoms with van der Waals surface area (Å²) >= 11 is 1.43. The van der Waals surface area contributed by atoms with Gasteiger partial charge in [-0.1, -0.05) is 12.1 Å². The van der Waals surface area contributed by atoms with Gasteiger partial charge in [0.25, 0.3) is 0 Å². The third-order valence-electron chi connectivity index (χ3n) is 2.85. The van der Waals surface area contributed by atoms with Gasteiger partial charge in [-0.2, -0.15) is 0 Å². The van der Waals surface area contributed by atoms with Gasteiger partial charge in [0.15, 0.2) is 0 Å². The standard InChI is InChI=1S/C14H15NO3S/c1-9(10-3-2-4-12(16)5-10)15-7-13-6-11(8-19-13)14(17)18/h2-6,8-9,15-16H,7H2,1H3,(H,17,18). The maximum atomic E-state index is 10.8. The molecule has 1 atom stereocenters. The van der Waals surface area contributed by atoms with Gasteiger partial charge in [-0.05, 0) is 30.7 Å². The number of hydrogen-bond donors (Lipinski definition) is 3. The molecule has 3 N–H and O–H groups in total. The Morgan fingerprint density at radius 1 is 1.42 bits per heavy atom. The summed E-state index contributed by atoms with van der Waals surface area (Å²) in [6.45, 7) is 2.61. The van der Waals surface area contributed by atoms with Crippen LogP contribution in [-0.2, 0) is 6.54 Å². The topological polar surface area (TPSA) is 69.6 Å². The van der Waals surface area contributed by atoms with E-state index in [1.165, 1.54) is 11.3 Å². The third kappa shape index (κ3) is 3.56. The number of carboxylic acids is 1. The summed E-state index contributed by atoms with van der Waals surface area (Å²) < 4.78 is 0. The molecule has 0 spiro atoms. The summed E-state index contributed by atoms with van der Waals surface area (Å²) in [5.74, 6) is -0.654. The lowest BCUT2D eigenvalue weighted by Gasteiger charge is -2.13. The first-order chi connectivity index (χ1) is 9.06. The minimum Gasteiger partial charge on any atom is -0.508 e. The Labute approximate surface area is 115 Å². The summed E-state index contributed by atoms with van der Waals surface area (Å²) in [5.41, 5.74) is 1.32. The molecular weight excluding hydrogens is 262 g/mol. The van der Waals surface area contributed by atoms with Crippen LogP contribution in [0.4, 0.5) is 0 Å². The van der Waals surface area contributed by atoms with Crippen LogP contribution in [0.1, 0.15) is 33.8 Å². The molecule has 1 heterocycles. The molecule has 0 aliphatic carbocycles. The van der Waals surface area contributed by atoms with Gasteiger partial charge in [0.1, 0.15) is 5.75 Å². The zero-order valence-electron chi connectivity index (χ0n) is 10.5. The van der Waals surface area contributed by atoms with E-state index in [0.717, 1.165) is 10.4 Å². The molecule has 1 unspecified atom stereocenters. The maximum Gasteiger partial charge on any atom is 0.336 e. The highest BCUT2D eigenvalue weighted by atomic mass is 32.1. The second-order valence-electron chi connectivity index (χ2n) is 4.30. The first-order valence-electron chi connectivity index (χ1n) is 5.89. The van der Waals surface area contributed by atoms with Crippen LogP contribution in [0.5, 0.6) is 5.75 Å². The van der Waals surface area contributed by atoms with Crippen LogP contribution in [0.3, 0.4) is 0 Å². The molecule has 0 aliphatic rings. The van der Waals surface area contributed by atoms with E-state index in [-0.39, 0.29) is 11.8 Å². The van der Waals surface area contributed by atoms with Crippen molar-refractivity contribution in [2.75, 3.05) is 0 Å². The molecule has 1 aromatic heterocycles. The monoisotopic (exact) mass is 277 g/mol. The smallest absolute Gasteiger partial charge is 0.336 e. The molecule has 4 nitrogen and oxygen atoms in total. The van der Waals surface area contributed by atoms with Gasteiger partial charge in [0.05, 0.1) is 5.56 Å². The zero-order chi connectivity index (χ0) is 13.8. The molecule has 0 saturated carbocycles. The van der Waals surface area contributed by atoms with Crippen molar-refractivity contribution in [3.8, 4) is 5.75 Å². The number of thiophene rings is 1. The Bertz CT molecular complexity index is 580.